The standard InChI is InChI=1S/C18H19ClN2O.ClH/c19-15-7-5-14(6-8-15)18(9-2-10-18)12-21-17(22)13-3-1-4-16(20)11-13;/h1,3-8,11H,2,9-10,12,20H2,(H,21,22);1H. The molecule has 1 fully saturated rings. The van der Waals surface area contributed by atoms with Crippen molar-refractivity contribution in [2.75, 3.05) is 12.3 Å². The maximum Gasteiger partial charge on any atom is 0.251 e. The number of amides is 1. The van der Waals surface area contributed by atoms with E-state index in [-0.39, 0.29) is 23.7 Å². The van der Waals surface area contributed by atoms with Crippen molar-refractivity contribution in [2.24, 2.45) is 0 Å². The third-order valence-corrected chi connectivity index (χ3v) is 4.76. The number of nitrogens with one attached hydrogen (secondary N) is 1. The van der Waals surface area contributed by atoms with Gasteiger partial charge in [0, 0.05) is 28.2 Å². The van der Waals surface area contributed by atoms with Gasteiger partial charge in [-0.3, -0.25) is 4.79 Å². The van der Waals surface area contributed by atoms with Crippen molar-refractivity contribution < 1.29 is 4.79 Å². The van der Waals surface area contributed by atoms with Crippen LogP contribution in [0.1, 0.15) is 35.2 Å². The predicted octanol–water partition coefficient (Wildman–Crippen LogP) is 4.20. The Kier molecular flexibility index (Phi) is 5.55. The Morgan fingerprint density at radius 2 is 1.87 bits per heavy atom. The summed E-state index contributed by atoms with van der Waals surface area (Å²) in [6, 6.07) is 15.0. The first kappa shape index (κ1) is 17.6. The Morgan fingerprint density at radius 3 is 2.43 bits per heavy atom. The molecule has 1 aliphatic rings. The van der Waals surface area contributed by atoms with Crippen LogP contribution in [-0.2, 0) is 5.41 Å². The van der Waals surface area contributed by atoms with Gasteiger partial charge in [0.05, 0.1) is 0 Å². The topological polar surface area (TPSA) is 55.1 Å². The molecule has 2 aromatic carbocycles. The van der Waals surface area contributed by atoms with Crippen molar-refractivity contribution >= 4 is 35.6 Å². The van der Waals surface area contributed by atoms with Crippen LogP contribution in [0.15, 0.2) is 48.5 Å². The Hall–Kier alpha value is -1.71. The fraction of sp³-hybridized carbons (Fsp3) is 0.278. The highest BCUT2D eigenvalue weighted by atomic mass is 35.5. The molecular weight excluding hydrogens is 331 g/mol. The number of benzene rings is 2. The largest absolute Gasteiger partial charge is 0.399 e. The number of hydrogen-bond acceptors (Lipinski definition) is 2. The lowest BCUT2D eigenvalue weighted by Crippen LogP contribution is -2.45. The summed E-state index contributed by atoms with van der Waals surface area (Å²) < 4.78 is 0. The zero-order valence-electron chi connectivity index (χ0n) is 12.7. The maximum atomic E-state index is 12.3. The molecule has 3 nitrogen and oxygen atoms in total. The molecule has 3 rings (SSSR count). The van der Waals surface area contributed by atoms with Gasteiger partial charge >= 0.3 is 0 Å². The van der Waals surface area contributed by atoms with Gasteiger partial charge in [0.25, 0.3) is 5.91 Å². The number of hydrogen-bond donors (Lipinski definition) is 2. The first-order valence-electron chi connectivity index (χ1n) is 7.49. The number of carbonyl (C=O) groups is 1. The van der Waals surface area contributed by atoms with E-state index in [2.05, 4.69) is 17.4 Å². The number of halogens is 2. The molecule has 1 aliphatic carbocycles. The summed E-state index contributed by atoms with van der Waals surface area (Å²) in [4.78, 5) is 12.3. The van der Waals surface area contributed by atoms with Crippen LogP contribution in [-0.4, -0.2) is 12.5 Å². The first-order valence-corrected chi connectivity index (χ1v) is 7.87. The molecule has 0 aromatic heterocycles. The summed E-state index contributed by atoms with van der Waals surface area (Å²) in [6.07, 6.45) is 3.37. The van der Waals surface area contributed by atoms with Crippen LogP contribution >= 0.6 is 24.0 Å². The third-order valence-electron chi connectivity index (χ3n) is 4.50. The SMILES string of the molecule is Cl.Nc1cccc(C(=O)NCC2(c3ccc(Cl)cc3)CCC2)c1. The molecule has 1 saturated carbocycles. The number of nitrogen functional groups attached to an aromatic ring is 1. The Bertz CT molecular complexity index is 682. The minimum Gasteiger partial charge on any atom is -0.399 e. The maximum absolute atomic E-state index is 12.3. The van der Waals surface area contributed by atoms with E-state index in [4.69, 9.17) is 17.3 Å². The van der Waals surface area contributed by atoms with Gasteiger partial charge in [-0.1, -0.05) is 36.2 Å². The van der Waals surface area contributed by atoms with Gasteiger partial charge in [-0.15, -0.1) is 12.4 Å². The van der Waals surface area contributed by atoms with Crippen LogP contribution in [0.2, 0.25) is 5.02 Å². The average Bonchev–Trinajstić information content (AvgIpc) is 2.47. The molecule has 1 amide bonds. The molecule has 23 heavy (non-hydrogen) atoms. The lowest BCUT2D eigenvalue weighted by Gasteiger charge is -2.42. The molecular formula is C18H20Cl2N2O. The summed E-state index contributed by atoms with van der Waals surface area (Å²) in [7, 11) is 0. The van der Waals surface area contributed by atoms with E-state index in [0.717, 1.165) is 17.9 Å². The number of nitrogens with two attached hydrogens (primary N) is 1. The summed E-state index contributed by atoms with van der Waals surface area (Å²) in [5.41, 5.74) is 8.22. The highest BCUT2D eigenvalue weighted by Crippen LogP contribution is 2.43. The van der Waals surface area contributed by atoms with Crippen molar-refractivity contribution in [2.45, 2.75) is 24.7 Å². The van der Waals surface area contributed by atoms with Gasteiger partial charge in [-0.2, -0.15) is 0 Å². The summed E-state index contributed by atoms with van der Waals surface area (Å²) in [6.45, 7) is 0.641. The van der Waals surface area contributed by atoms with Crippen LogP contribution in [0.5, 0.6) is 0 Å². The monoisotopic (exact) mass is 350 g/mol. The molecule has 0 spiro atoms. The Labute approximate surface area is 147 Å². The van der Waals surface area contributed by atoms with Crippen LogP contribution in [0, 0.1) is 0 Å². The van der Waals surface area contributed by atoms with E-state index < -0.39 is 0 Å². The second-order valence-corrected chi connectivity index (χ2v) is 6.39. The van der Waals surface area contributed by atoms with Crippen molar-refractivity contribution in [3.8, 4) is 0 Å². The second-order valence-electron chi connectivity index (χ2n) is 5.95. The zero-order chi connectivity index (χ0) is 15.6. The molecule has 0 aliphatic heterocycles. The van der Waals surface area contributed by atoms with Crippen LogP contribution in [0.4, 0.5) is 5.69 Å². The van der Waals surface area contributed by atoms with Crippen LogP contribution in [0.3, 0.4) is 0 Å². The molecule has 0 saturated heterocycles. The Balaban J connectivity index is 0.00000192. The average molecular weight is 351 g/mol. The number of carbonyl (C=O) groups excluding carboxylic acids is 1. The van der Waals surface area contributed by atoms with Crippen molar-refractivity contribution in [3.63, 3.8) is 0 Å². The molecule has 2 aromatic rings. The van der Waals surface area contributed by atoms with Crippen LogP contribution < -0.4 is 11.1 Å². The number of rotatable bonds is 4. The highest BCUT2D eigenvalue weighted by Gasteiger charge is 2.38. The molecule has 0 atom stereocenters. The normalized spacial score (nSPS) is 15.2. The van der Waals surface area contributed by atoms with Crippen molar-refractivity contribution in [1.29, 1.82) is 0 Å². The molecule has 0 unspecified atom stereocenters. The molecule has 0 bridgehead atoms. The summed E-state index contributed by atoms with van der Waals surface area (Å²) in [5.74, 6) is -0.0764. The number of anilines is 1. The summed E-state index contributed by atoms with van der Waals surface area (Å²) >= 11 is 5.96. The van der Waals surface area contributed by atoms with E-state index in [9.17, 15) is 4.79 Å². The fourth-order valence-electron chi connectivity index (χ4n) is 3.01. The first-order chi connectivity index (χ1) is 10.6. The van der Waals surface area contributed by atoms with Gasteiger partial charge in [0.2, 0.25) is 0 Å². The minimum atomic E-state index is -0.0764. The van der Waals surface area contributed by atoms with E-state index >= 15 is 0 Å². The highest BCUT2D eigenvalue weighted by molar-refractivity contribution is 6.30. The van der Waals surface area contributed by atoms with E-state index in [1.807, 2.05) is 12.1 Å². The lowest BCUT2D eigenvalue weighted by molar-refractivity contribution is 0.0928. The fourth-order valence-corrected chi connectivity index (χ4v) is 3.13. The van der Waals surface area contributed by atoms with E-state index in [1.165, 1.54) is 12.0 Å². The van der Waals surface area contributed by atoms with Gasteiger partial charge in [-0.05, 0) is 48.7 Å². The smallest absolute Gasteiger partial charge is 0.251 e. The molecule has 5 heteroatoms. The van der Waals surface area contributed by atoms with Crippen LogP contribution in [0.25, 0.3) is 0 Å². The molecule has 0 heterocycles. The van der Waals surface area contributed by atoms with E-state index in [1.54, 1.807) is 24.3 Å². The summed E-state index contributed by atoms with van der Waals surface area (Å²) in [5, 5.41) is 3.79. The molecule has 122 valence electrons. The van der Waals surface area contributed by atoms with Crippen molar-refractivity contribution in [1.82, 2.24) is 5.32 Å². The third kappa shape index (κ3) is 3.80. The predicted molar refractivity (Wildman–Crippen MR) is 97.4 cm³/mol. The second kappa shape index (κ2) is 7.24. The van der Waals surface area contributed by atoms with Gasteiger partial charge < -0.3 is 11.1 Å². The quantitative estimate of drug-likeness (QED) is 0.812. The molecule has 3 N–H and O–H groups in total. The zero-order valence-corrected chi connectivity index (χ0v) is 14.3. The minimum absolute atomic E-state index is 0. The van der Waals surface area contributed by atoms with Crippen molar-refractivity contribution in [3.05, 3.63) is 64.7 Å². The lowest BCUT2D eigenvalue weighted by atomic mass is 9.64. The van der Waals surface area contributed by atoms with Gasteiger partial charge in [0.1, 0.15) is 0 Å². The Morgan fingerprint density at radius 1 is 1.17 bits per heavy atom. The van der Waals surface area contributed by atoms with E-state index in [0.29, 0.717) is 17.8 Å². The van der Waals surface area contributed by atoms with Gasteiger partial charge in [-0.25, -0.2) is 0 Å². The molecule has 0 radical (unpaired) electrons. The van der Waals surface area contributed by atoms with Gasteiger partial charge in [0.15, 0.2) is 0 Å².